The van der Waals surface area contributed by atoms with Gasteiger partial charge in [-0.1, -0.05) is 18.5 Å². The minimum absolute atomic E-state index is 0.0193. The highest BCUT2D eigenvalue weighted by atomic mass is 32.2. The highest BCUT2D eigenvalue weighted by molar-refractivity contribution is 7.89. The second-order valence-electron chi connectivity index (χ2n) is 3.84. The van der Waals surface area contributed by atoms with Crippen LogP contribution in [0.25, 0.3) is 0 Å². The van der Waals surface area contributed by atoms with Crippen molar-refractivity contribution in [1.82, 2.24) is 10.1 Å². The van der Waals surface area contributed by atoms with Crippen LogP contribution in [0, 0.1) is 0 Å². The quantitative estimate of drug-likeness (QED) is 0.783. The van der Waals surface area contributed by atoms with Crippen molar-refractivity contribution in [3.63, 3.8) is 0 Å². The number of nitrogens with two attached hydrogens (primary N) is 1. The topological polar surface area (TPSA) is 99.1 Å². The van der Waals surface area contributed by atoms with Gasteiger partial charge in [-0.2, -0.15) is 4.98 Å². The lowest BCUT2D eigenvalue weighted by Gasteiger charge is -2.06. The number of nitrogens with zero attached hydrogens (tertiary/aromatic N) is 2. The van der Waals surface area contributed by atoms with Crippen molar-refractivity contribution in [3.05, 3.63) is 11.7 Å². The molecule has 0 bridgehead atoms. The van der Waals surface area contributed by atoms with Crippen LogP contribution in [0.3, 0.4) is 0 Å². The van der Waals surface area contributed by atoms with E-state index in [9.17, 15) is 8.42 Å². The molecule has 0 spiro atoms. The van der Waals surface area contributed by atoms with E-state index in [1.54, 1.807) is 0 Å². The van der Waals surface area contributed by atoms with E-state index in [2.05, 4.69) is 10.1 Å². The molecule has 16 heavy (non-hydrogen) atoms. The second-order valence-corrected chi connectivity index (χ2v) is 5.98. The molecule has 1 aromatic rings. The third-order valence-electron chi connectivity index (χ3n) is 2.15. The zero-order valence-corrected chi connectivity index (χ0v) is 10.3. The highest BCUT2D eigenvalue weighted by Crippen LogP contribution is 2.18. The normalized spacial score (nSPS) is 13.9. The van der Waals surface area contributed by atoms with Gasteiger partial charge >= 0.3 is 0 Å². The van der Waals surface area contributed by atoms with Crippen molar-refractivity contribution < 1.29 is 12.9 Å². The summed E-state index contributed by atoms with van der Waals surface area (Å²) in [5.74, 6) is 0.459. The van der Waals surface area contributed by atoms with Crippen LogP contribution in [0.1, 0.15) is 37.4 Å². The average Bonchev–Trinajstić information content (AvgIpc) is 2.59. The summed E-state index contributed by atoms with van der Waals surface area (Å²) < 4.78 is 27.1. The molecular weight excluding hydrogens is 230 g/mol. The summed E-state index contributed by atoms with van der Waals surface area (Å²) in [5, 5.41) is 3.63. The van der Waals surface area contributed by atoms with Crippen molar-refractivity contribution in [2.24, 2.45) is 5.73 Å². The van der Waals surface area contributed by atoms with Crippen LogP contribution in [0.4, 0.5) is 0 Å². The number of aromatic nitrogens is 2. The first kappa shape index (κ1) is 13.1. The molecule has 0 saturated carbocycles. The number of hydrogen-bond donors (Lipinski definition) is 1. The molecule has 0 amide bonds. The third-order valence-corrected chi connectivity index (χ3v) is 2.93. The van der Waals surface area contributed by atoms with Crippen LogP contribution in [-0.4, -0.2) is 31.4 Å². The van der Waals surface area contributed by atoms with E-state index in [1.807, 2.05) is 6.92 Å². The van der Waals surface area contributed by atoms with Gasteiger partial charge in [0, 0.05) is 12.8 Å². The monoisotopic (exact) mass is 247 g/mol. The molecular formula is C9H17N3O3S. The summed E-state index contributed by atoms with van der Waals surface area (Å²) in [6.45, 7) is 2.46. The summed E-state index contributed by atoms with van der Waals surface area (Å²) in [5.41, 5.74) is 5.58. The first-order valence-corrected chi connectivity index (χ1v) is 7.22. The molecule has 0 aliphatic carbocycles. The SMILES string of the molecule is CCCC(CN)c1nc(CS(C)(=O)=O)no1. The molecule has 1 heterocycles. The Morgan fingerprint density at radius 1 is 1.50 bits per heavy atom. The Balaban J connectivity index is 2.77. The number of rotatable bonds is 6. The average molecular weight is 247 g/mol. The van der Waals surface area contributed by atoms with Crippen LogP contribution < -0.4 is 5.73 Å². The van der Waals surface area contributed by atoms with Gasteiger partial charge in [-0.3, -0.25) is 0 Å². The maximum Gasteiger partial charge on any atom is 0.231 e. The molecule has 92 valence electrons. The van der Waals surface area contributed by atoms with Gasteiger partial charge in [-0.15, -0.1) is 0 Å². The maximum atomic E-state index is 11.0. The van der Waals surface area contributed by atoms with Gasteiger partial charge in [0.25, 0.3) is 0 Å². The predicted octanol–water partition coefficient (Wildman–Crippen LogP) is 0.457. The predicted molar refractivity (Wildman–Crippen MR) is 59.5 cm³/mol. The number of hydrogen-bond acceptors (Lipinski definition) is 6. The molecule has 0 aliphatic heterocycles. The Hall–Kier alpha value is -0.950. The van der Waals surface area contributed by atoms with Crippen molar-refractivity contribution in [3.8, 4) is 0 Å². The molecule has 0 radical (unpaired) electrons. The Morgan fingerprint density at radius 3 is 2.69 bits per heavy atom. The van der Waals surface area contributed by atoms with E-state index in [1.165, 1.54) is 0 Å². The fourth-order valence-electron chi connectivity index (χ4n) is 1.42. The van der Waals surface area contributed by atoms with E-state index >= 15 is 0 Å². The molecule has 2 N–H and O–H groups in total. The zero-order chi connectivity index (χ0) is 12.2. The zero-order valence-electron chi connectivity index (χ0n) is 9.51. The van der Waals surface area contributed by atoms with Crippen LogP contribution in [0.2, 0.25) is 0 Å². The Bertz CT molecular complexity index is 427. The van der Waals surface area contributed by atoms with Gasteiger partial charge in [0.15, 0.2) is 15.7 Å². The minimum atomic E-state index is -3.12. The first-order chi connectivity index (χ1) is 7.46. The van der Waals surface area contributed by atoms with Gasteiger partial charge in [0.05, 0.1) is 5.92 Å². The Labute approximate surface area is 95.1 Å². The lowest BCUT2D eigenvalue weighted by atomic mass is 10.0. The molecule has 0 aromatic carbocycles. The van der Waals surface area contributed by atoms with Crippen molar-refractivity contribution in [2.75, 3.05) is 12.8 Å². The van der Waals surface area contributed by atoms with Gasteiger partial charge in [-0.05, 0) is 6.42 Å². The number of sulfone groups is 1. The molecule has 1 unspecified atom stereocenters. The van der Waals surface area contributed by atoms with Crippen molar-refractivity contribution >= 4 is 9.84 Å². The molecule has 0 saturated heterocycles. The van der Waals surface area contributed by atoms with Gasteiger partial charge in [0.1, 0.15) is 5.75 Å². The second kappa shape index (κ2) is 5.40. The summed E-state index contributed by atoms with van der Waals surface area (Å²) in [4.78, 5) is 4.05. The molecule has 1 atom stereocenters. The van der Waals surface area contributed by atoms with E-state index in [4.69, 9.17) is 10.3 Å². The Morgan fingerprint density at radius 2 is 2.19 bits per heavy atom. The fourth-order valence-corrected chi connectivity index (χ4v) is 2.00. The van der Waals surface area contributed by atoms with Crippen molar-refractivity contribution in [2.45, 2.75) is 31.4 Å². The van der Waals surface area contributed by atoms with Gasteiger partial charge < -0.3 is 10.3 Å². The largest absolute Gasteiger partial charge is 0.339 e. The smallest absolute Gasteiger partial charge is 0.231 e. The van der Waals surface area contributed by atoms with E-state index in [0.29, 0.717) is 12.4 Å². The standard InChI is InChI=1S/C9H17N3O3S/c1-3-4-7(5-10)9-11-8(12-15-9)6-16(2,13)14/h7H,3-6,10H2,1-2H3. The van der Waals surface area contributed by atoms with Crippen molar-refractivity contribution in [1.29, 1.82) is 0 Å². The molecule has 7 heteroatoms. The molecule has 1 aromatic heterocycles. The van der Waals surface area contributed by atoms with Crippen LogP contribution in [-0.2, 0) is 15.6 Å². The van der Waals surface area contributed by atoms with Gasteiger partial charge in [0.2, 0.25) is 5.89 Å². The van der Waals surface area contributed by atoms with Crippen LogP contribution in [0.15, 0.2) is 4.52 Å². The molecule has 1 rings (SSSR count). The summed E-state index contributed by atoms with van der Waals surface area (Å²) >= 11 is 0. The lowest BCUT2D eigenvalue weighted by Crippen LogP contribution is -2.12. The maximum absolute atomic E-state index is 11.0. The van der Waals surface area contributed by atoms with Crippen LogP contribution in [0.5, 0.6) is 0 Å². The fraction of sp³-hybridized carbons (Fsp3) is 0.778. The molecule has 0 aliphatic rings. The van der Waals surface area contributed by atoms with Crippen LogP contribution >= 0.6 is 0 Å². The Kier molecular flexibility index (Phi) is 4.43. The molecule has 0 fully saturated rings. The lowest BCUT2D eigenvalue weighted by molar-refractivity contribution is 0.344. The highest BCUT2D eigenvalue weighted by Gasteiger charge is 2.18. The summed E-state index contributed by atoms with van der Waals surface area (Å²) in [6.07, 6.45) is 2.96. The van der Waals surface area contributed by atoms with E-state index < -0.39 is 9.84 Å². The summed E-state index contributed by atoms with van der Waals surface area (Å²) in [7, 11) is -3.12. The van der Waals surface area contributed by atoms with E-state index in [-0.39, 0.29) is 17.5 Å². The first-order valence-electron chi connectivity index (χ1n) is 5.16. The third kappa shape index (κ3) is 3.90. The molecule has 6 nitrogen and oxygen atoms in total. The summed E-state index contributed by atoms with van der Waals surface area (Å²) in [6, 6.07) is 0. The van der Waals surface area contributed by atoms with E-state index in [0.717, 1.165) is 19.1 Å². The van der Waals surface area contributed by atoms with Gasteiger partial charge in [-0.25, -0.2) is 8.42 Å². The minimum Gasteiger partial charge on any atom is -0.339 e.